The fourth-order valence-corrected chi connectivity index (χ4v) is 11.0. The molecule has 1 aliphatic heterocycles. The molecule has 4 heterocycles. The Labute approximate surface area is 404 Å². The summed E-state index contributed by atoms with van der Waals surface area (Å²) in [6.07, 6.45) is 6.67. The third-order valence-electron chi connectivity index (χ3n) is 14.7. The molecule has 14 rings (SSSR count). The summed E-state index contributed by atoms with van der Waals surface area (Å²) in [7, 11) is 0. The summed E-state index contributed by atoms with van der Waals surface area (Å²) in [4.78, 5) is 4.61. The normalized spacial score (nSPS) is 15.5. The Kier molecular flexibility index (Phi) is 9.00. The van der Waals surface area contributed by atoms with Gasteiger partial charge in [-0.3, -0.25) is 0 Å². The van der Waals surface area contributed by atoms with Crippen molar-refractivity contribution < 1.29 is 18.0 Å². The zero-order chi connectivity index (χ0) is 46.8. The number of fused-ring (bicyclic) bond motifs is 13. The number of ether oxygens (including phenoxy) is 1. The molecule has 0 saturated carbocycles. The molecule has 0 N–H and O–H groups in total. The second kappa shape index (κ2) is 15.5. The maximum atomic E-state index is 6.89. The van der Waals surface area contributed by atoms with Crippen LogP contribution in [0.1, 0.15) is 62.1 Å². The van der Waals surface area contributed by atoms with E-state index in [1.165, 1.54) is 16.7 Å². The Bertz CT molecular complexity index is 4130. The van der Waals surface area contributed by atoms with Gasteiger partial charge in [-0.15, -0.1) is 0 Å². The van der Waals surface area contributed by atoms with Gasteiger partial charge < -0.3 is 27.8 Å². The largest absolute Gasteiger partial charge is 0.485 e. The van der Waals surface area contributed by atoms with Gasteiger partial charge in [-0.1, -0.05) is 94.4 Å². The Balaban J connectivity index is 0.813. The van der Waals surface area contributed by atoms with Crippen LogP contribution >= 0.6 is 0 Å². The minimum absolute atomic E-state index is 0.0690. The van der Waals surface area contributed by atoms with E-state index in [9.17, 15) is 0 Å². The van der Waals surface area contributed by atoms with Gasteiger partial charge in [0.1, 0.15) is 45.4 Å². The van der Waals surface area contributed by atoms with E-state index >= 15 is 0 Å². The van der Waals surface area contributed by atoms with E-state index in [0.717, 1.165) is 116 Å². The van der Waals surface area contributed by atoms with Crippen LogP contribution in [-0.2, 0) is 0 Å². The molecule has 2 atom stereocenters. The molecule has 0 amide bonds. The van der Waals surface area contributed by atoms with Gasteiger partial charge in [-0.25, -0.2) is 0 Å². The quantitative estimate of drug-likeness (QED) is 0.151. The van der Waals surface area contributed by atoms with Crippen LogP contribution in [0.15, 0.2) is 213 Å². The van der Waals surface area contributed by atoms with Gasteiger partial charge in [0, 0.05) is 96.1 Å². The zero-order valence-electron chi connectivity index (χ0n) is 39.3. The van der Waals surface area contributed by atoms with E-state index in [0.29, 0.717) is 11.8 Å². The number of nitrogens with zero attached hydrogens (tertiary/aromatic N) is 2. The fourth-order valence-electron chi connectivity index (χ4n) is 11.0. The van der Waals surface area contributed by atoms with E-state index in [-0.39, 0.29) is 12.0 Å². The highest BCUT2D eigenvalue weighted by Gasteiger charge is 2.35. The zero-order valence-corrected chi connectivity index (χ0v) is 39.3. The Morgan fingerprint density at radius 1 is 0.400 bits per heavy atom. The molecule has 1 aliphatic carbocycles. The molecule has 0 spiro atoms. The molecule has 2 unspecified atom stereocenters. The van der Waals surface area contributed by atoms with Crippen molar-refractivity contribution in [3.63, 3.8) is 0 Å². The van der Waals surface area contributed by atoms with Crippen LogP contribution in [-0.4, -0.2) is 6.10 Å². The number of furan rings is 3. The number of hydrogen-bond donors (Lipinski definition) is 0. The predicted molar refractivity (Wildman–Crippen MR) is 288 cm³/mol. The van der Waals surface area contributed by atoms with Crippen LogP contribution in [0.4, 0.5) is 28.4 Å². The molecular formula is C64H48N2O4. The molecule has 6 heteroatoms. The Morgan fingerprint density at radius 3 is 1.43 bits per heavy atom. The van der Waals surface area contributed by atoms with Crippen LogP contribution in [0.2, 0.25) is 0 Å². The Hall–Kier alpha value is -8.48. The molecular weight excluding hydrogens is 861 g/mol. The molecule has 9 aromatic carbocycles. The second-order valence-electron chi connectivity index (χ2n) is 19.6. The minimum atomic E-state index is -0.168. The van der Waals surface area contributed by atoms with Crippen molar-refractivity contribution in [1.29, 1.82) is 0 Å². The smallest absolute Gasteiger partial charge is 0.137 e. The van der Waals surface area contributed by atoms with E-state index < -0.39 is 0 Å². The summed E-state index contributed by atoms with van der Waals surface area (Å²) < 4.78 is 26.5. The van der Waals surface area contributed by atoms with Gasteiger partial charge in [-0.2, -0.15) is 0 Å². The molecule has 3 aromatic heterocycles. The average Bonchev–Trinajstić information content (AvgIpc) is 4.14. The molecule has 0 bridgehead atoms. The van der Waals surface area contributed by atoms with Gasteiger partial charge in [0.05, 0.1) is 0 Å². The van der Waals surface area contributed by atoms with Gasteiger partial charge in [0.2, 0.25) is 0 Å². The van der Waals surface area contributed by atoms with Crippen LogP contribution < -0.4 is 14.5 Å². The van der Waals surface area contributed by atoms with Gasteiger partial charge in [-0.05, 0) is 143 Å². The summed E-state index contributed by atoms with van der Waals surface area (Å²) in [6.45, 7) is 8.92. The molecule has 0 fully saturated rings. The lowest BCUT2D eigenvalue weighted by atomic mass is 9.89. The average molecular weight is 909 g/mol. The SMILES string of the molecule is CC(C)c1ccc(N(C2=CC3Oc4cc5cc6c(cc5cc4C3C=C2)oc2cc(N(c3ccc(C(C)C)cc3)c3ccc4c(c3)oc3ccccc34)ccc26)c2ccc3c(c2)oc2ccccc23)cc1. The van der Waals surface area contributed by atoms with Gasteiger partial charge >= 0.3 is 0 Å². The first kappa shape index (κ1) is 40.6. The first-order valence-corrected chi connectivity index (χ1v) is 24.4. The predicted octanol–water partition coefficient (Wildman–Crippen LogP) is 18.4. The summed E-state index contributed by atoms with van der Waals surface area (Å²) in [5.41, 5.74) is 15.2. The summed E-state index contributed by atoms with van der Waals surface area (Å²) in [5, 5.41) is 8.82. The molecule has 12 aromatic rings. The maximum absolute atomic E-state index is 6.89. The number of rotatable bonds is 8. The number of anilines is 5. The van der Waals surface area contributed by atoms with E-state index in [4.69, 9.17) is 18.0 Å². The number of allylic oxidation sites excluding steroid dienone is 1. The molecule has 70 heavy (non-hydrogen) atoms. The maximum Gasteiger partial charge on any atom is 0.137 e. The van der Waals surface area contributed by atoms with Crippen LogP contribution in [0.3, 0.4) is 0 Å². The molecule has 6 nitrogen and oxygen atoms in total. The topological polar surface area (TPSA) is 55.1 Å². The van der Waals surface area contributed by atoms with Crippen LogP contribution in [0.25, 0.3) is 76.6 Å². The van der Waals surface area contributed by atoms with Crippen LogP contribution in [0, 0.1) is 0 Å². The minimum Gasteiger partial charge on any atom is -0.485 e. The van der Waals surface area contributed by atoms with Crippen molar-refractivity contribution in [1.82, 2.24) is 0 Å². The van der Waals surface area contributed by atoms with E-state index in [2.05, 4.69) is 207 Å². The van der Waals surface area contributed by atoms with Crippen molar-refractivity contribution in [3.05, 3.63) is 217 Å². The highest BCUT2D eigenvalue weighted by molar-refractivity contribution is 6.12. The lowest BCUT2D eigenvalue weighted by Crippen LogP contribution is -2.24. The second-order valence-corrected chi connectivity index (χ2v) is 19.6. The van der Waals surface area contributed by atoms with Gasteiger partial charge in [0.15, 0.2) is 0 Å². The summed E-state index contributed by atoms with van der Waals surface area (Å²) in [5.74, 6) is 1.85. The lowest BCUT2D eigenvalue weighted by molar-refractivity contribution is 0.268. The lowest BCUT2D eigenvalue weighted by Gasteiger charge is -2.30. The highest BCUT2D eigenvalue weighted by Crippen LogP contribution is 2.48. The molecule has 0 saturated heterocycles. The monoisotopic (exact) mass is 908 g/mol. The standard InChI is InChI=1S/C64H48N2O4/c1-37(2)39-13-17-43(18-14-39)65(45-21-25-51-49-9-5-7-11-57(49)67-61(51)33-45)47-23-27-53-55-29-41-32-60-56(30-42(41)31-59(55)69-63(53)35-47)54-28-24-48(36-64(54)70-60)66(44-19-15-40(16-20-44)38(3)4)46-22-26-52-50-10-6-8-12-58(50)68-62(52)34-46/h5-38,53,63H,1-4H3. The van der Waals surface area contributed by atoms with E-state index in [1.807, 2.05) is 24.3 Å². The van der Waals surface area contributed by atoms with Crippen molar-refractivity contribution >= 4 is 105 Å². The molecule has 338 valence electrons. The first-order valence-electron chi connectivity index (χ1n) is 24.4. The number of benzene rings is 9. The highest BCUT2D eigenvalue weighted by atomic mass is 16.5. The van der Waals surface area contributed by atoms with Crippen molar-refractivity contribution in [2.45, 2.75) is 51.6 Å². The fraction of sp³-hybridized carbons (Fsp3) is 0.125. The first-order chi connectivity index (χ1) is 34.3. The Morgan fingerprint density at radius 2 is 0.857 bits per heavy atom. The van der Waals surface area contributed by atoms with Crippen molar-refractivity contribution in [2.24, 2.45) is 0 Å². The third-order valence-corrected chi connectivity index (χ3v) is 14.7. The summed E-state index contributed by atoms with van der Waals surface area (Å²) >= 11 is 0. The van der Waals surface area contributed by atoms with Crippen molar-refractivity contribution in [2.75, 3.05) is 9.80 Å². The third kappa shape index (κ3) is 6.47. The summed E-state index contributed by atoms with van der Waals surface area (Å²) in [6, 6.07) is 62.8. The van der Waals surface area contributed by atoms with E-state index in [1.54, 1.807) is 0 Å². The number of hydrogen-bond acceptors (Lipinski definition) is 6. The number of para-hydroxylation sites is 2. The molecule has 2 aliphatic rings. The molecule has 0 radical (unpaired) electrons. The van der Waals surface area contributed by atoms with Crippen molar-refractivity contribution in [3.8, 4) is 5.75 Å². The van der Waals surface area contributed by atoms with Crippen LogP contribution in [0.5, 0.6) is 5.75 Å². The van der Waals surface area contributed by atoms with Gasteiger partial charge in [0.25, 0.3) is 0 Å².